The molecule has 116 valence electrons. The third-order valence-corrected chi connectivity index (χ3v) is 6.92. The Morgan fingerprint density at radius 1 is 1.33 bits per heavy atom. The van der Waals surface area contributed by atoms with E-state index in [1.54, 1.807) is 11.3 Å². The molecule has 1 aromatic heterocycles. The van der Waals surface area contributed by atoms with Gasteiger partial charge in [0.25, 0.3) is 5.91 Å². The minimum atomic E-state index is 0.0710. The molecule has 1 aliphatic heterocycles. The normalized spacial score (nSPS) is 25.4. The third-order valence-electron chi connectivity index (χ3n) is 4.68. The lowest BCUT2D eigenvalue weighted by Gasteiger charge is -2.30. The van der Waals surface area contributed by atoms with Crippen molar-refractivity contribution in [2.24, 2.45) is 11.8 Å². The minimum Gasteiger partial charge on any atom is -0.396 e. The number of nitrogens with one attached hydrogen (secondary N) is 1. The van der Waals surface area contributed by atoms with E-state index in [-0.39, 0.29) is 12.5 Å². The molecule has 3 rings (SSSR count). The first-order chi connectivity index (χ1) is 10.3. The maximum atomic E-state index is 12.3. The molecule has 5 heteroatoms. The van der Waals surface area contributed by atoms with Crippen LogP contribution in [0.3, 0.4) is 0 Å². The summed E-state index contributed by atoms with van der Waals surface area (Å²) in [5.74, 6) is 3.11. The topological polar surface area (TPSA) is 49.3 Å². The fraction of sp³-hybridized carbons (Fsp3) is 0.688. The number of fused-ring (bicyclic) bond motifs is 1. The minimum absolute atomic E-state index is 0.0710. The van der Waals surface area contributed by atoms with Gasteiger partial charge < -0.3 is 10.4 Å². The van der Waals surface area contributed by atoms with Gasteiger partial charge in [-0.15, -0.1) is 11.3 Å². The van der Waals surface area contributed by atoms with Crippen LogP contribution in [0.1, 0.15) is 45.8 Å². The van der Waals surface area contributed by atoms with Crippen molar-refractivity contribution in [3.05, 3.63) is 21.4 Å². The van der Waals surface area contributed by atoms with E-state index >= 15 is 0 Å². The molecular weight excluding hydrogens is 302 g/mol. The highest BCUT2D eigenvalue weighted by molar-refractivity contribution is 7.98. The fourth-order valence-corrected chi connectivity index (χ4v) is 5.65. The fourth-order valence-electron chi connectivity index (χ4n) is 3.36. The Morgan fingerprint density at radius 3 is 2.90 bits per heavy atom. The van der Waals surface area contributed by atoms with Gasteiger partial charge in [0.1, 0.15) is 0 Å². The molecule has 2 heterocycles. The van der Waals surface area contributed by atoms with Crippen LogP contribution in [0.15, 0.2) is 6.07 Å². The van der Waals surface area contributed by atoms with E-state index in [1.807, 2.05) is 11.8 Å². The first kappa shape index (κ1) is 15.4. The lowest BCUT2D eigenvalue weighted by Crippen LogP contribution is -2.35. The number of hydrogen-bond acceptors (Lipinski definition) is 4. The maximum absolute atomic E-state index is 12.3. The van der Waals surface area contributed by atoms with Crippen molar-refractivity contribution in [1.29, 1.82) is 0 Å². The average Bonchev–Trinajstić information content (AvgIpc) is 2.97. The van der Waals surface area contributed by atoms with Crippen LogP contribution in [0, 0.1) is 11.8 Å². The standard InChI is InChI=1S/C16H23NO2S2/c18-9-12-4-2-1-3-11(12)8-17-16(19)15-7-13-10-20-6-5-14(13)21-15/h7,11-12,18H,1-6,8-10H2,(H,17,19). The lowest BCUT2D eigenvalue weighted by atomic mass is 9.79. The van der Waals surface area contributed by atoms with E-state index in [4.69, 9.17) is 0 Å². The van der Waals surface area contributed by atoms with Crippen LogP contribution in [0.2, 0.25) is 0 Å². The van der Waals surface area contributed by atoms with Gasteiger partial charge in [-0.1, -0.05) is 12.8 Å². The van der Waals surface area contributed by atoms with Crippen molar-refractivity contribution in [3.8, 4) is 0 Å². The Kier molecular flexibility index (Phi) is 5.24. The summed E-state index contributed by atoms with van der Waals surface area (Å²) in [7, 11) is 0. The molecule has 3 nitrogen and oxygen atoms in total. The van der Waals surface area contributed by atoms with E-state index in [9.17, 15) is 9.90 Å². The number of carbonyl (C=O) groups excluding carboxylic acids is 1. The maximum Gasteiger partial charge on any atom is 0.261 e. The second-order valence-electron chi connectivity index (χ2n) is 6.06. The molecule has 1 amide bonds. The average molecular weight is 325 g/mol. The number of hydrogen-bond donors (Lipinski definition) is 2. The largest absolute Gasteiger partial charge is 0.396 e. The zero-order chi connectivity index (χ0) is 14.7. The Hall–Kier alpha value is -0.520. The molecule has 0 spiro atoms. The van der Waals surface area contributed by atoms with Crippen molar-refractivity contribution in [2.45, 2.75) is 37.9 Å². The van der Waals surface area contributed by atoms with E-state index in [1.165, 1.54) is 29.0 Å². The molecule has 2 N–H and O–H groups in total. The number of aliphatic hydroxyl groups is 1. The highest BCUT2D eigenvalue weighted by atomic mass is 32.2. The van der Waals surface area contributed by atoms with Crippen LogP contribution >= 0.6 is 23.1 Å². The van der Waals surface area contributed by atoms with E-state index in [2.05, 4.69) is 11.4 Å². The summed E-state index contributed by atoms with van der Waals surface area (Å²) >= 11 is 3.61. The highest BCUT2D eigenvalue weighted by Crippen LogP contribution is 2.32. The molecule has 0 aromatic carbocycles. The van der Waals surface area contributed by atoms with Crippen LogP contribution in [0.4, 0.5) is 0 Å². The Labute approximate surface area is 134 Å². The first-order valence-electron chi connectivity index (χ1n) is 7.86. The number of aryl methyl sites for hydroxylation is 1. The molecular formula is C16H23NO2S2. The summed E-state index contributed by atoms with van der Waals surface area (Å²) in [5, 5.41) is 12.5. The van der Waals surface area contributed by atoms with Crippen LogP contribution in [0.25, 0.3) is 0 Å². The van der Waals surface area contributed by atoms with Gasteiger partial charge in [-0.25, -0.2) is 0 Å². The molecule has 1 fully saturated rings. The third kappa shape index (κ3) is 3.63. The monoisotopic (exact) mass is 325 g/mol. The zero-order valence-corrected chi connectivity index (χ0v) is 13.9. The number of thiophene rings is 1. The Morgan fingerprint density at radius 2 is 2.14 bits per heavy atom. The molecule has 1 aliphatic carbocycles. The van der Waals surface area contributed by atoms with Gasteiger partial charge in [0.05, 0.1) is 4.88 Å². The Balaban J connectivity index is 1.57. The van der Waals surface area contributed by atoms with Gasteiger partial charge in [0, 0.05) is 23.8 Å². The van der Waals surface area contributed by atoms with Gasteiger partial charge in [0.15, 0.2) is 0 Å². The van der Waals surface area contributed by atoms with E-state index in [0.29, 0.717) is 18.4 Å². The predicted molar refractivity (Wildman–Crippen MR) is 89.1 cm³/mol. The van der Waals surface area contributed by atoms with E-state index < -0.39 is 0 Å². The lowest BCUT2D eigenvalue weighted by molar-refractivity contribution is 0.0913. The molecule has 1 saturated carbocycles. The molecule has 0 radical (unpaired) electrons. The number of aliphatic hydroxyl groups excluding tert-OH is 1. The summed E-state index contributed by atoms with van der Waals surface area (Å²) < 4.78 is 0. The quantitative estimate of drug-likeness (QED) is 0.894. The molecule has 2 unspecified atom stereocenters. The van der Waals surface area contributed by atoms with E-state index in [0.717, 1.165) is 29.9 Å². The van der Waals surface area contributed by atoms with Gasteiger partial charge in [-0.2, -0.15) is 11.8 Å². The zero-order valence-electron chi connectivity index (χ0n) is 12.3. The second kappa shape index (κ2) is 7.16. The van der Waals surface area contributed by atoms with Crippen LogP contribution < -0.4 is 5.32 Å². The van der Waals surface area contributed by atoms with Crippen molar-refractivity contribution in [2.75, 3.05) is 18.9 Å². The van der Waals surface area contributed by atoms with Crippen LogP contribution in [0.5, 0.6) is 0 Å². The summed E-state index contributed by atoms with van der Waals surface area (Å²) in [5.41, 5.74) is 1.35. The van der Waals surface area contributed by atoms with Crippen LogP contribution in [-0.4, -0.2) is 29.9 Å². The number of rotatable bonds is 4. The number of carbonyl (C=O) groups is 1. The first-order valence-corrected chi connectivity index (χ1v) is 9.83. The summed E-state index contributed by atoms with van der Waals surface area (Å²) in [4.78, 5) is 14.6. The highest BCUT2D eigenvalue weighted by Gasteiger charge is 2.25. The van der Waals surface area contributed by atoms with Crippen LogP contribution in [-0.2, 0) is 12.2 Å². The van der Waals surface area contributed by atoms with Crippen molar-refractivity contribution in [1.82, 2.24) is 5.32 Å². The Bertz CT molecular complexity index is 477. The SMILES string of the molecule is O=C(NCC1CCCCC1CO)c1cc2c(s1)CCSC2. The summed E-state index contributed by atoms with van der Waals surface area (Å²) in [6, 6.07) is 2.08. The number of amides is 1. The van der Waals surface area contributed by atoms with Crippen molar-refractivity contribution < 1.29 is 9.90 Å². The molecule has 0 saturated heterocycles. The van der Waals surface area contributed by atoms with Gasteiger partial charge in [-0.3, -0.25) is 4.79 Å². The van der Waals surface area contributed by atoms with Crippen molar-refractivity contribution >= 4 is 29.0 Å². The second-order valence-corrected chi connectivity index (χ2v) is 8.30. The molecule has 1 aromatic rings. The molecule has 0 bridgehead atoms. The summed E-state index contributed by atoms with van der Waals surface area (Å²) in [6.45, 7) is 0.965. The molecule has 21 heavy (non-hydrogen) atoms. The van der Waals surface area contributed by atoms with Crippen molar-refractivity contribution in [3.63, 3.8) is 0 Å². The summed E-state index contributed by atoms with van der Waals surface area (Å²) in [6.07, 6.45) is 5.77. The van der Waals surface area contributed by atoms with Gasteiger partial charge in [0.2, 0.25) is 0 Å². The number of thioether (sulfide) groups is 1. The predicted octanol–water partition coefficient (Wildman–Crippen LogP) is 3.07. The molecule has 2 atom stereocenters. The van der Waals surface area contributed by atoms with Gasteiger partial charge >= 0.3 is 0 Å². The molecule has 2 aliphatic rings. The van der Waals surface area contributed by atoms with Gasteiger partial charge in [-0.05, 0) is 48.5 Å². The smallest absolute Gasteiger partial charge is 0.261 e.